The summed E-state index contributed by atoms with van der Waals surface area (Å²) in [5, 5.41) is 6.51. The average Bonchev–Trinajstić information content (AvgIpc) is 2.47. The second-order valence-electron chi connectivity index (χ2n) is 4.32. The van der Waals surface area contributed by atoms with Crippen LogP contribution in [-0.2, 0) is 0 Å². The highest BCUT2D eigenvalue weighted by molar-refractivity contribution is 9.11. The summed E-state index contributed by atoms with van der Waals surface area (Å²) in [5.74, 6) is 2.24. The first-order valence-electron chi connectivity index (χ1n) is 6.50. The van der Waals surface area contributed by atoms with Gasteiger partial charge in [0.05, 0.1) is 7.11 Å². The fourth-order valence-electron chi connectivity index (χ4n) is 1.71. The number of nitrogens with zero attached hydrogens (tertiary/aromatic N) is 2. The van der Waals surface area contributed by atoms with E-state index in [1.54, 1.807) is 7.11 Å². The number of benzene rings is 1. The van der Waals surface area contributed by atoms with Gasteiger partial charge in [-0.3, -0.25) is 0 Å². The van der Waals surface area contributed by atoms with Crippen molar-refractivity contribution in [1.82, 2.24) is 9.97 Å². The van der Waals surface area contributed by atoms with Crippen molar-refractivity contribution in [3.63, 3.8) is 0 Å². The number of halogens is 2. The van der Waals surface area contributed by atoms with Crippen molar-refractivity contribution < 1.29 is 4.74 Å². The first-order valence-corrected chi connectivity index (χ1v) is 8.08. The van der Waals surface area contributed by atoms with E-state index in [4.69, 9.17) is 4.74 Å². The molecule has 112 valence electrons. The van der Waals surface area contributed by atoms with Crippen LogP contribution >= 0.6 is 31.9 Å². The number of hydrogen-bond donors (Lipinski definition) is 2. The number of nitrogens with one attached hydrogen (secondary N) is 2. The molecule has 0 saturated carbocycles. The Bertz CT molecular complexity index is 622. The summed E-state index contributed by atoms with van der Waals surface area (Å²) >= 11 is 6.99. The van der Waals surface area contributed by atoms with E-state index >= 15 is 0 Å². The second kappa shape index (κ2) is 7.61. The van der Waals surface area contributed by atoms with E-state index in [0.717, 1.165) is 39.2 Å². The van der Waals surface area contributed by atoms with Crippen LogP contribution in [0.15, 0.2) is 33.5 Å². The molecular weight excluding hydrogens is 400 g/mol. The van der Waals surface area contributed by atoms with Gasteiger partial charge in [0.15, 0.2) is 0 Å². The van der Waals surface area contributed by atoms with Gasteiger partial charge in [0.25, 0.3) is 0 Å². The molecule has 1 heterocycles. The van der Waals surface area contributed by atoms with Gasteiger partial charge in [-0.15, -0.1) is 0 Å². The summed E-state index contributed by atoms with van der Waals surface area (Å²) in [7, 11) is 1.64. The van der Waals surface area contributed by atoms with Crippen LogP contribution < -0.4 is 15.4 Å². The van der Waals surface area contributed by atoms with Crippen LogP contribution in [0.25, 0.3) is 0 Å². The molecule has 1 aromatic carbocycles. The maximum Gasteiger partial charge on any atom is 0.150 e. The highest BCUT2D eigenvalue weighted by Crippen LogP contribution is 2.31. The molecule has 0 aliphatic rings. The van der Waals surface area contributed by atoms with E-state index < -0.39 is 0 Å². The molecule has 1 aromatic heterocycles. The van der Waals surface area contributed by atoms with Crippen LogP contribution in [0.3, 0.4) is 0 Å². The summed E-state index contributed by atoms with van der Waals surface area (Å²) in [5.41, 5.74) is 0.877. The largest absolute Gasteiger partial charge is 0.497 e. The number of hydrogen-bond acceptors (Lipinski definition) is 5. The Morgan fingerprint density at radius 1 is 1.14 bits per heavy atom. The molecule has 2 rings (SSSR count). The Hall–Kier alpha value is -1.34. The molecular formula is C14H16Br2N4O. The molecule has 21 heavy (non-hydrogen) atoms. The number of anilines is 3. The van der Waals surface area contributed by atoms with Crippen molar-refractivity contribution in [2.45, 2.75) is 13.3 Å². The number of aromatic nitrogens is 2. The SMILES string of the molecule is CCCNc1ncnc(Nc2cc(Br)cc(OC)c2)c1Br. The average molecular weight is 416 g/mol. The maximum atomic E-state index is 5.25. The van der Waals surface area contributed by atoms with Gasteiger partial charge in [0.2, 0.25) is 0 Å². The van der Waals surface area contributed by atoms with Crippen molar-refractivity contribution in [2.24, 2.45) is 0 Å². The molecule has 0 atom stereocenters. The molecule has 0 bridgehead atoms. The predicted octanol–water partition coefficient (Wildman–Crippen LogP) is 4.58. The molecule has 5 nitrogen and oxygen atoms in total. The van der Waals surface area contributed by atoms with Crippen molar-refractivity contribution in [3.8, 4) is 5.75 Å². The van der Waals surface area contributed by atoms with Gasteiger partial charge in [-0.25, -0.2) is 9.97 Å². The van der Waals surface area contributed by atoms with Crippen LogP contribution in [-0.4, -0.2) is 23.6 Å². The number of methoxy groups -OCH3 is 1. The zero-order valence-corrected chi connectivity index (χ0v) is 15.0. The van der Waals surface area contributed by atoms with Crippen LogP contribution in [0.1, 0.15) is 13.3 Å². The molecule has 2 N–H and O–H groups in total. The van der Waals surface area contributed by atoms with Gasteiger partial charge >= 0.3 is 0 Å². The van der Waals surface area contributed by atoms with Crippen molar-refractivity contribution in [1.29, 1.82) is 0 Å². The van der Waals surface area contributed by atoms with Crippen LogP contribution in [0.2, 0.25) is 0 Å². The van der Waals surface area contributed by atoms with E-state index in [-0.39, 0.29) is 0 Å². The predicted molar refractivity (Wildman–Crippen MR) is 92.5 cm³/mol. The Morgan fingerprint density at radius 3 is 2.62 bits per heavy atom. The van der Waals surface area contributed by atoms with Gasteiger partial charge in [0.1, 0.15) is 28.2 Å². The minimum atomic E-state index is 0.698. The fourth-order valence-corrected chi connectivity index (χ4v) is 2.63. The fraction of sp³-hybridized carbons (Fsp3) is 0.286. The highest BCUT2D eigenvalue weighted by Gasteiger charge is 2.09. The lowest BCUT2D eigenvalue weighted by Gasteiger charge is -2.12. The second-order valence-corrected chi connectivity index (χ2v) is 6.03. The first kappa shape index (κ1) is 16.0. The molecule has 0 spiro atoms. The summed E-state index contributed by atoms with van der Waals surface area (Å²) in [6.45, 7) is 2.97. The monoisotopic (exact) mass is 414 g/mol. The molecule has 0 amide bonds. The summed E-state index contributed by atoms with van der Waals surface area (Å²) in [6, 6.07) is 5.75. The van der Waals surface area contributed by atoms with Crippen LogP contribution in [0, 0.1) is 0 Å². The van der Waals surface area contributed by atoms with E-state index in [0.29, 0.717) is 5.82 Å². The number of ether oxygens (including phenoxy) is 1. The van der Waals surface area contributed by atoms with Gasteiger partial charge in [-0.05, 0) is 34.5 Å². The molecule has 0 fully saturated rings. The number of rotatable bonds is 6. The molecule has 0 radical (unpaired) electrons. The van der Waals surface area contributed by atoms with Gasteiger partial charge in [0, 0.05) is 22.8 Å². The zero-order chi connectivity index (χ0) is 15.2. The van der Waals surface area contributed by atoms with E-state index in [9.17, 15) is 0 Å². The van der Waals surface area contributed by atoms with E-state index in [1.807, 2.05) is 18.2 Å². The Kier molecular flexibility index (Phi) is 5.81. The Labute approximate surface area is 140 Å². The van der Waals surface area contributed by atoms with Crippen LogP contribution in [0.5, 0.6) is 5.75 Å². The minimum Gasteiger partial charge on any atom is -0.497 e. The van der Waals surface area contributed by atoms with Crippen molar-refractivity contribution in [3.05, 3.63) is 33.5 Å². The molecule has 2 aromatic rings. The van der Waals surface area contributed by atoms with E-state index in [2.05, 4.69) is 59.4 Å². The normalized spacial score (nSPS) is 10.3. The first-order chi connectivity index (χ1) is 10.1. The highest BCUT2D eigenvalue weighted by atomic mass is 79.9. The third-order valence-corrected chi connectivity index (χ3v) is 3.91. The molecule has 7 heteroatoms. The summed E-state index contributed by atoms with van der Waals surface area (Å²) in [4.78, 5) is 8.49. The quantitative estimate of drug-likeness (QED) is 0.723. The standard InChI is InChI=1S/C14H16Br2N4O/c1-3-4-17-13-12(16)14(19-8-18-13)20-10-5-9(15)6-11(7-10)21-2/h5-8H,3-4H2,1-2H3,(H2,17,18,19,20). The molecule has 0 saturated heterocycles. The smallest absolute Gasteiger partial charge is 0.150 e. The summed E-state index contributed by atoms with van der Waals surface area (Å²) in [6.07, 6.45) is 2.56. The minimum absolute atomic E-state index is 0.698. The third-order valence-electron chi connectivity index (χ3n) is 2.70. The lowest BCUT2D eigenvalue weighted by molar-refractivity contribution is 0.415. The Balaban J connectivity index is 2.25. The van der Waals surface area contributed by atoms with Gasteiger partial charge < -0.3 is 15.4 Å². The lowest BCUT2D eigenvalue weighted by atomic mass is 10.3. The topological polar surface area (TPSA) is 59.1 Å². The lowest BCUT2D eigenvalue weighted by Crippen LogP contribution is -2.05. The maximum absolute atomic E-state index is 5.25. The van der Waals surface area contributed by atoms with Crippen molar-refractivity contribution >= 4 is 49.2 Å². The van der Waals surface area contributed by atoms with Gasteiger partial charge in [-0.1, -0.05) is 22.9 Å². The molecule has 0 aliphatic carbocycles. The zero-order valence-electron chi connectivity index (χ0n) is 11.8. The van der Waals surface area contributed by atoms with Gasteiger partial charge in [-0.2, -0.15) is 0 Å². The third kappa shape index (κ3) is 4.31. The Morgan fingerprint density at radius 2 is 1.90 bits per heavy atom. The molecule has 0 unspecified atom stereocenters. The van der Waals surface area contributed by atoms with Crippen molar-refractivity contribution in [2.75, 3.05) is 24.3 Å². The van der Waals surface area contributed by atoms with Crippen LogP contribution in [0.4, 0.5) is 17.3 Å². The summed E-state index contributed by atoms with van der Waals surface area (Å²) < 4.78 is 6.99. The van der Waals surface area contributed by atoms with E-state index in [1.165, 1.54) is 6.33 Å². The molecule has 0 aliphatic heterocycles.